The molecule has 156 valence electrons. The smallest absolute Gasteiger partial charge is 0.127 e. The van der Waals surface area contributed by atoms with E-state index in [1.165, 1.54) is 43.1 Å². The summed E-state index contributed by atoms with van der Waals surface area (Å²) in [4.78, 5) is 0. The van der Waals surface area contributed by atoms with E-state index in [4.69, 9.17) is 9.47 Å². The van der Waals surface area contributed by atoms with Crippen LogP contribution in [0, 0.1) is 0 Å². The molecule has 1 unspecified atom stereocenters. The molecule has 1 atom stereocenters. The third-order valence-corrected chi connectivity index (χ3v) is 5.80. The van der Waals surface area contributed by atoms with E-state index in [9.17, 15) is 0 Å². The van der Waals surface area contributed by atoms with E-state index >= 15 is 0 Å². The second-order valence-electron chi connectivity index (χ2n) is 7.49. The maximum Gasteiger partial charge on any atom is 0.127 e. The van der Waals surface area contributed by atoms with Crippen LogP contribution in [0.25, 0.3) is 43.1 Å². The maximum absolute atomic E-state index is 6.13. The lowest BCUT2D eigenvalue weighted by Crippen LogP contribution is -2.13. The summed E-state index contributed by atoms with van der Waals surface area (Å²) in [5.74, 6) is 0.930. The van der Waals surface area contributed by atoms with Gasteiger partial charge in [-0.15, -0.1) is 0 Å². The van der Waals surface area contributed by atoms with Gasteiger partial charge in [0.15, 0.2) is 0 Å². The molecule has 2 nitrogen and oxygen atoms in total. The molecule has 30 heavy (non-hydrogen) atoms. The van der Waals surface area contributed by atoms with Gasteiger partial charge in [0.05, 0.1) is 12.7 Å². The maximum atomic E-state index is 6.13. The van der Waals surface area contributed by atoms with Gasteiger partial charge in [-0.25, -0.2) is 0 Å². The van der Waals surface area contributed by atoms with Crippen molar-refractivity contribution in [2.75, 3.05) is 13.2 Å². The average Bonchev–Trinajstić information content (AvgIpc) is 2.75. The Hall–Kier alpha value is -2.84. The molecule has 5 aromatic rings. The zero-order chi connectivity index (χ0) is 19.1. The van der Waals surface area contributed by atoms with E-state index in [1.54, 1.807) is 0 Å². The van der Waals surface area contributed by atoms with E-state index in [2.05, 4.69) is 80.6 Å². The van der Waals surface area contributed by atoms with Gasteiger partial charge in [0.2, 0.25) is 0 Å². The molecule has 0 saturated carbocycles. The first-order chi connectivity index (χ1) is 13.8. The molecule has 0 bridgehead atoms. The summed E-state index contributed by atoms with van der Waals surface area (Å²) in [6.45, 7) is 5.41. The monoisotopic (exact) mass is 400 g/mol. The molecular formula is C28H32O2. The number of benzene rings is 5. The van der Waals surface area contributed by atoms with Gasteiger partial charge < -0.3 is 9.47 Å². The zero-order valence-corrected chi connectivity index (χ0v) is 16.4. The van der Waals surface area contributed by atoms with Gasteiger partial charge in [0.1, 0.15) is 12.4 Å². The van der Waals surface area contributed by atoms with Crippen LogP contribution in [-0.4, -0.2) is 19.3 Å². The van der Waals surface area contributed by atoms with Crippen molar-refractivity contribution in [3.8, 4) is 5.75 Å². The highest BCUT2D eigenvalue weighted by atomic mass is 16.5. The SMILES string of the molecule is C.C.CCC(C)OCCOc1ccc2c3cccc4cccc(c5cccc1c52)c43. The number of hydrogen-bond acceptors (Lipinski definition) is 2. The Bertz CT molecular complexity index is 1220. The highest BCUT2D eigenvalue weighted by Gasteiger charge is 2.14. The van der Waals surface area contributed by atoms with Crippen LogP contribution in [0.3, 0.4) is 0 Å². The van der Waals surface area contributed by atoms with Crippen LogP contribution >= 0.6 is 0 Å². The van der Waals surface area contributed by atoms with Gasteiger partial charge in [0, 0.05) is 10.8 Å². The molecule has 0 radical (unpaired) electrons. The van der Waals surface area contributed by atoms with Gasteiger partial charge in [-0.1, -0.05) is 82.4 Å². The van der Waals surface area contributed by atoms with Gasteiger partial charge in [-0.3, -0.25) is 0 Å². The fraction of sp³-hybridized carbons (Fsp3) is 0.286. The molecule has 0 saturated heterocycles. The summed E-state index contributed by atoms with van der Waals surface area (Å²) in [7, 11) is 0. The van der Waals surface area contributed by atoms with Crippen LogP contribution in [-0.2, 0) is 4.74 Å². The van der Waals surface area contributed by atoms with E-state index in [0.29, 0.717) is 13.2 Å². The first kappa shape index (κ1) is 21.9. The van der Waals surface area contributed by atoms with E-state index < -0.39 is 0 Å². The molecule has 5 aromatic carbocycles. The minimum atomic E-state index is 0. The van der Waals surface area contributed by atoms with Gasteiger partial charge >= 0.3 is 0 Å². The number of hydrogen-bond donors (Lipinski definition) is 0. The first-order valence-corrected chi connectivity index (χ1v) is 10.1. The molecule has 0 aromatic heterocycles. The van der Waals surface area contributed by atoms with Crippen molar-refractivity contribution >= 4 is 43.1 Å². The Labute approximate surface area is 179 Å². The predicted molar refractivity (Wildman–Crippen MR) is 132 cm³/mol. The van der Waals surface area contributed by atoms with Crippen LogP contribution in [0.1, 0.15) is 35.1 Å². The summed E-state index contributed by atoms with van der Waals surface area (Å²) in [5.41, 5.74) is 0. The number of fused-ring (bicyclic) bond motifs is 2. The lowest BCUT2D eigenvalue weighted by atomic mass is 9.90. The lowest BCUT2D eigenvalue weighted by Gasteiger charge is -2.17. The summed E-state index contributed by atoms with van der Waals surface area (Å²) >= 11 is 0. The van der Waals surface area contributed by atoms with Crippen LogP contribution in [0.2, 0.25) is 0 Å². The van der Waals surface area contributed by atoms with Crippen molar-refractivity contribution in [3.63, 3.8) is 0 Å². The molecular weight excluding hydrogens is 368 g/mol. The highest BCUT2D eigenvalue weighted by molar-refractivity contribution is 6.33. The number of ether oxygens (including phenoxy) is 2. The van der Waals surface area contributed by atoms with Crippen molar-refractivity contribution in [2.24, 2.45) is 0 Å². The Balaban J connectivity index is 0.00000128. The zero-order valence-electron chi connectivity index (χ0n) is 16.4. The standard InChI is InChI=1S/C26H24O2.2CH4/c1-3-17(2)27-15-16-28-24-14-13-22-20-10-5-8-18-7-4-9-19(25(18)20)21-11-6-12-23(24)26(21)22;;/h4-14,17H,3,15-16H2,1-2H3;2*1H4. The molecule has 0 amide bonds. The molecule has 0 aliphatic carbocycles. The van der Waals surface area contributed by atoms with Crippen LogP contribution in [0.5, 0.6) is 5.75 Å². The van der Waals surface area contributed by atoms with E-state index in [1.807, 2.05) is 0 Å². The lowest BCUT2D eigenvalue weighted by molar-refractivity contribution is 0.0430. The first-order valence-electron chi connectivity index (χ1n) is 10.1. The Morgan fingerprint density at radius 3 is 1.90 bits per heavy atom. The highest BCUT2D eigenvalue weighted by Crippen LogP contribution is 2.42. The quantitative estimate of drug-likeness (QED) is 0.162. The Kier molecular flexibility index (Phi) is 6.48. The third-order valence-electron chi connectivity index (χ3n) is 5.80. The fourth-order valence-electron chi connectivity index (χ4n) is 4.26. The number of rotatable bonds is 6. The molecule has 2 heteroatoms. The second kappa shape index (κ2) is 8.89. The largest absolute Gasteiger partial charge is 0.491 e. The van der Waals surface area contributed by atoms with E-state index in [-0.39, 0.29) is 21.0 Å². The second-order valence-corrected chi connectivity index (χ2v) is 7.49. The summed E-state index contributed by atoms with van der Waals surface area (Å²) in [6, 6.07) is 24.0. The topological polar surface area (TPSA) is 18.5 Å². The van der Waals surface area contributed by atoms with Gasteiger partial charge in [-0.2, -0.15) is 0 Å². The van der Waals surface area contributed by atoms with Crippen molar-refractivity contribution in [1.29, 1.82) is 0 Å². The molecule has 0 spiro atoms. The average molecular weight is 401 g/mol. The molecule has 0 heterocycles. The van der Waals surface area contributed by atoms with E-state index in [0.717, 1.165) is 12.2 Å². The van der Waals surface area contributed by atoms with Crippen LogP contribution < -0.4 is 4.74 Å². The third kappa shape index (κ3) is 3.46. The predicted octanol–water partition coefficient (Wildman–Crippen LogP) is 8.20. The van der Waals surface area contributed by atoms with Crippen LogP contribution in [0.4, 0.5) is 0 Å². The van der Waals surface area contributed by atoms with Crippen molar-refractivity contribution in [2.45, 2.75) is 41.2 Å². The molecule has 0 N–H and O–H groups in total. The fourth-order valence-corrected chi connectivity index (χ4v) is 4.26. The molecule has 0 aliphatic rings. The van der Waals surface area contributed by atoms with Crippen LogP contribution in [0.15, 0.2) is 66.7 Å². The molecule has 0 aliphatic heterocycles. The molecule has 0 fully saturated rings. The summed E-state index contributed by atoms with van der Waals surface area (Å²) in [6.07, 6.45) is 1.29. The summed E-state index contributed by atoms with van der Waals surface area (Å²) < 4.78 is 11.9. The van der Waals surface area contributed by atoms with Crippen molar-refractivity contribution in [1.82, 2.24) is 0 Å². The summed E-state index contributed by atoms with van der Waals surface area (Å²) in [5, 5.41) is 10.3. The van der Waals surface area contributed by atoms with Crippen molar-refractivity contribution < 1.29 is 9.47 Å². The van der Waals surface area contributed by atoms with Gasteiger partial charge in [0.25, 0.3) is 0 Å². The Morgan fingerprint density at radius 1 is 0.667 bits per heavy atom. The van der Waals surface area contributed by atoms with Gasteiger partial charge in [-0.05, 0) is 51.7 Å². The molecule has 5 rings (SSSR count). The normalized spacial score (nSPS) is 12.2. The minimum Gasteiger partial charge on any atom is -0.491 e. The van der Waals surface area contributed by atoms with Crippen molar-refractivity contribution in [3.05, 3.63) is 66.7 Å². The Morgan fingerprint density at radius 2 is 1.23 bits per heavy atom. The minimum absolute atomic E-state index is 0.